The lowest BCUT2D eigenvalue weighted by Crippen LogP contribution is -2.05. The number of rotatable bonds is 6. The van der Waals surface area contributed by atoms with Gasteiger partial charge in [0.15, 0.2) is 0 Å². The number of nitrogens with zero attached hydrogens (tertiary/aromatic N) is 1. The van der Waals surface area contributed by atoms with Crippen LogP contribution in [0.5, 0.6) is 0 Å². The molecule has 0 radical (unpaired) electrons. The number of anilines is 2. The summed E-state index contributed by atoms with van der Waals surface area (Å²) < 4.78 is 0. The van der Waals surface area contributed by atoms with Crippen LogP contribution < -0.4 is 11.1 Å². The second-order valence-electron chi connectivity index (χ2n) is 4.59. The van der Waals surface area contributed by atoms with Crippen molar-refractivity contribution < 1.29 is 0 Å². The second kappa shape index (κ2) is 9.67. The lowest BCUT2D eigenvalue weighted by Gasteiger charge is -2.11. The Morgan fingerprint density at radius 3 is 2.65 bits per heavy atom. The summed E-state index contributed by atoms with van der Waals surface area (Å²) in [7, 11) is 0. The molecule has 0 atom stereocenters. The first-order valence-corrected chi connectivity index (χ1v) is 6.70. The van der Waals surface area contributed by atoms with Crippen LogP contribution in [-0.2, 0) is 0 Å². The van der Waals surface area contributed by atoms with Crippen LogP contribution in [0.2, 0.25) is 0 Å². The topological polar surface area (TPSA) is 50.9 Å². The number of nitrogens with one attached hydrogen (secondary N) is 1. The molecule has 0 fully saturated rings. The fourth-order valence-corrected chi connectivity index (χ4v) is 2.11. The number of benzene rings is 1. The van der Waals surface area contributed by atoms with Gasteiger partial charge in [0.25, 0.3) is 0 Å². The molecule has 0 saturated carbocycles. The predicted octanol–water partition coefficient (Wildman–Crippen LogP) is 4.65. The minimum Gasteiger partial charge on any atom is -0.397 e. The minimum absolute atomic E-state index is 0. The number of nitrogens with two attached hydrogens (primary N) is 1. The van der Waals surface area contributed by atoms with Crippen molar-refractivity contribution in [3.8, 4) is 0 Å². The van der Waals surface area contributed by atoms with Gasteiger partial charge in [0.05, 0.1) is 16.9 Å². The van der Waals surface area contributed by atoms with Gasteiger partial charge in [-0.2, -0.15) is 0 Å². The molecule has 0 unspecified atom stereocenters. The fraction of sp³-hybridized carbons (Fsp3) is 0.400. The zero-order valence-electron chi connectivity index (χ0n) is 11.8. The van der Waals surface area contributed by atoms with Crippen molar-refractivity contribution in [3.63, 3.8) is 0 Å². The third-order valence-electron chi connectivity index (χ3n) is 3.14. The fourth-order valence-electron chi connectivity index (χ4n) is 2.11. The van der Waals surface area contributed by atoms with E-state index in [0.717, 1.165) is 28.8 Å². The summed E-state index contributed by atoms with van der Waals surface area (Å²) in [6.07, 6.45) is 6.81. The van der Waals surface area contributed by atoms with Crippen molar-refractivity contribution in [1.82, 2.24) is 4.98 Å². The van der Waals surface area contributed by atoms with Crippen molar-refractivity contribution >= 4 is 47.1 Å². The Kier molecular flexibility index (Phi) is 9.10. The summed E-state index contributed by atoms with van der Waals surface area (Å²) in [6.45, 7) is 3.18. The summed E-state index contributed by atoms with van der Waals surface area (Å²) in [5, 5.41) is 4.55. The zero-order valence-corrected chi connectivity index (χ0v) is 13.4. The molecule has 2 aromatic rings. The molecule has 0 aliphatic heterocycles. The van der Waals surface area contributed by atoms with E-state index in [4.69, 9.17) is 5.73 Å². The van der Waals surface area contributed by atoms with Gasteiger partial charge in [-0.25, -0.2) is 0 Å². The Morgan fingerprint density at radius 2 is 1.90 bits per heavy atom. The zero-order chi connectivity index (χ0) is 12.8. The molecule has 1 aromatic carbocycles. The highest BCUT2D eigenvalue weighted by atomic mass is 35.5. The molecule has 2 rings (SSSR count). The summed E-state index contributed by atoms with van der Waals surface area (Å²) in [5.41, 5.74) is 8.74. The van der Waals surface area contributed by atoms with Crippen LogP contribution in [0, 0.1) is 0 Å². The third-order valence-corrected chi connectivity index (χ3v) is 3.14. The quantitative estimate of drug-likeness (QED) is 0.602. The Balaban J connectivity index is 0.00000180. The SMILES string of the molecule is CCCCCCNc1c(N)ccc2cccnc12.Cl.Cl. The number of pyridine rings is 1. The van der Waals surface area contributed by atoms with E-state index < -0.39 is 0 Å². The van der Waals surface area contributed by atoms with E-state index in [-0.39, 0.29) is 24.8 Å². The van der Waals surface area contributed by atoms with Gasteiger partial charge in [0.1, 0.15) is 0 Å². The standard InChI is InChI=1S/C15H21N3.2ClH/c1-2-3-4-5-10-18-15-13(16)9-8-12-7-6-11-17-14(12)15;;/h6-9,11,18H,2-5,10,16H2,1H3;2*1H. The Hall–Kier alpha value is -1.19. The average molecular weight is 316 g/mol. The van der Waals surface area contributed by atoms with Gasteiger partial charge in [-0.1, -0.05) is 38.3 Å². The van der Waals surface area contributed by atoms with E-state index in [1.807, 2.05) is 24.4 Å². The maximum atomic E-state index is 6.03. The Bertz CT molecular complexity index is 517. The maximum absolute atomic E-state index is 6.03. The summed E-state index contributed by atoms with van der Waals surface area (Å²) in [5.74, 6) is 0. The summed E-state index contributed by atoms with van der Waals surface area (Å²) >= 11 is 0. The Labute approximate surface area is 133 Å². The first kappa shape index (κ1) is 18.8. The normalized spacial score (nSPS) is 9.65. The van der Waals surface area contributed by atoms with E-state index in [1.165, 1.54) is 25.7 Å². The van der Waals surface area contributed by atoms with Gasteiger partial charge in [0, 0.05) is 18.1 Å². The van der Waals surface area contributed by atoms with E-state index in [9.17, 15) is 0 Å². The van der Waals surface area contributed by atoms with Crippen LogP contribution in [0.15, 0.2) is 30.5 Å². The number of halogens is 2. The van der Waals surface area contributed by atoms with E-state index in [0.29, 0.717) is 0 Å². The Morgan fingerprint density at radius 1 is 1.10 bits per heavy atom. The smallest absolute Gasteiger partial charge is 0.0954 e. The van der Waals surface area contributed by atoms with Crippen LogP contribution >= 0.6 is 24.8 Å². The number of aromatic nitrogens is 1. The molecule has 20 heavy (non-hydrogen) atoms. The van der Waals surface area contributed by atoms with Gasteiger partial charge >= 0.3 is 0 Å². The van der Waals surface area contributed by atoms with Crippen molar-refractivity contribution in [2.24, 2.45) is 0 Å². The predicted molar refractivity (Wildman–Crippen MR) is 93.3 cm³/mol. The molecule has 3 nitrogen and oxygen atoms in total. The molecule has 0 saturated heterocycles. The molecule has 0 spiro atoms. The van der Waals surface area contributed by atoms with Crippen LogP contribution in [0.25, 0.3) is 10.9 Å². The summed E-state index contributed by atoms with van der Waals surface area (Å²) in [6, 6.07) is 7.96. The minimum atomic E-state index is 0. The van der Waals surface area contributed by atoms with Crippen LogP contribution in [-0.4, -0.2) is 11.5 Å². The third kappa shape index (κ3) is 4.73. The van der Waals surface area contributed by atoms with E-state index in [1.54, 1.807) is 0 Å². The number of hydrogen-bond acceptors (Lipinski definition) is 3. The second-order valence-corrected chi connectivity index (χ2v) is 4.59. The molecule has 0 aliphatic carbocycles. The highest BCUT2D eigenvalue weighted by Crippen LogP contribution is 2.27. The monoisotopic (exact) mass is 315 g/mol. The van der Waals surface area contributed by atoms with Gasteiger partial charge in [-0.05, 0) is 18.6 Å². The van der Waals surface area contributed by atoms with Crippen molar-refractivity contribution in [2.75, 3.05) is 17.6 Å². The largest absolute Gasteiger partial charge is 0.397 e. The molecule has 0 amide bonds. The van der Waals surface area contributed by atoms with E-state index >= 15 is 0 Å². The molecule has 0 aliphatic rings. The van der Waals surface area contributed by atoms with Gasteiger partial charge in [-0.15, -0.1) is 24.8 Å². The highest BCUT2D eigenvalue weighted by molar-refractivity contribution is 5.96. The first-order chi connectivity index (χ1) is 8.83. The number of fused-ring (bicyclic) bond motifs is 1. The maximum Gasteiger partial charge on any atom is 0.0954 e. The summed E-state index contributed by atoms with van der Waals surface area (Å²) in [4.78, 5) is 4.41. The van der Waals surface area contributed by atoms with Gasteiger partial charge in [-0.3, -0.25) is 4.98 Å². The van der Waals surface area contributed by atoms with Crippen molar-refractivity contribution in [2.45, 2.75) is 32.6 Å². The van der Waals surface area contributed by atoms with Crippen LogP contribution in [0.1, 0.15) is 32.6 Å². The number of unbranched alkanes of at least 4 members (excludes halogenated alkanes) is 3. The lowest BCUT2D eigenvalue weighted by atomic mass is 10.1. The molecule has 1 aromatic heterocycles. The van der Waals surface area contributed by atoms with E-state index in [2.05, 4.69) is 23.3 Å². The highest BCUT2D eigenvalue weighted by Gasteiger charge is 2.05. The average Bonchev–Trinajstić information content (AvgIpc) is 2.41. The van der Waals surface area contributed by atoms with Crippen molar-refractivity contribution in [1.29, 1.82) is 0 Å². The van der Waals surface area contributed by atoms with Crippen LogP contribution in [0.3, 0.4) is 0 Å². The lowest BCUT2D eigenvalue weighted by molar-refractivity contribution is 0.685. The van der Waals surface area contributed by atoms with Gasteiger partial charge in [0.2, 0.25) is 0 Å². The number of hydrogen-bond donors (Lipinski definition) is 2. The molecule has 0 bridgehead atoms. The molecule has 3 N–H and O–H groups in total. The molecule has 1 heterocycles. The number of nitrogen functional groups attached to an aromatic ring is 1. The van der Waals surface area contributed by atoms with Gasteiger partial charge < -0.3 is 11.1 Å². The first-order valence-electron chi connectivity index (χ1n) is 6.70. The molecular weight excluding hydrogens is 293 g/mol. The molecular formula is C15H23Cl2N3. The molecule has 5 heteroatoms. The van der Waals surface area contributed by atoms with Crippen LogP contribution in [0.4, 0.5) is 11.4 Å². The molecule has 112 valence electrons. The van der Waals surface area contributed by atoms with Crippen molar-refractivity contribution in [3.05, 3.63) is 30.5 Å².